The fourth-order valence-electron chi connectivity index (χ4n) is 2.30. The molecule has 0 radical (unpaired) electrons. The van der Waals surface area contributed by atoms with E-state index in [1.165, 1.54) is 11.8 Å². The van der Waals surface area contributed by atoms with Gasteiger partial charge in [0.2, 0.25) is 0 Å². The highest BCUT2D eigenvalue weighted by atomic mass is 32.2. The molecule has 0 aliphatic heterocycles. The normalized spacial score (nSPS) is 11.8. The lowest BCUT2D eigenvalue weighted by Gasteiger charge is -2.26. The van der Waals surface area contributed by atoms with Crippen LogP contribution in [0.15, 0.2) is 11.4 Å². The van der Waals surface area contributed by atoms with Gasteiger partial charge in [0.05, 0.1) is 5.75 Å². The zero-order valence-electron chi connectivity index (χ0n) is 12.4. The summed E-state index contributed by atoms with van der Waals surface area (Å²) in [6.07, 6.45) is 1.82. The molecule has 0 aromatic carbocycles. The van der Waals surface area contributed by atoms with Gasteiger partial charge < -0.3 is 9.67 Å². The highest BCUT2D eigenvalue weighted by molar-refractivity contribution is 7.99. The maximum atomic E-state index is 10.7. The molecule has 0 saturated heterocycles. The molecule has 0 unspecified atom stereocenters. The minimum atomic E-state index is -0.804. The maximum Gasteiger partial charge on any atom is 0.313 e. The van der Waals surface area contributed by atoms with E-state index >= 15 is 0 Å². The molecule has 0 saturated carbocycles. The first-order valence-corrected chi connectivity index (χ1v) is 7.68. The van der Waals surface area contributed by atoms with Crippen LogP contribution in [-0.4, -0.2) is 26.4 Å². The molecule has 1 heterocycles. The summed E-state index contributed by atoms with van der Waals surface area (Å²) in [7, 11) is 0. The summed E-state index contributed by atoms with van der Waals surface area (Å²) < 4.78 is 2.15. The molecular weight excluding hydrogens is 260 g/mol. The number of nitrogens with zero attached hydrogens (tertiary/aromatic N) is 2. The Morgan fingerprint density at radius 1 is 1.37 bits per heavy atom. The smallest absolute Gasteiger partial charge is 0.313 e. The SMILES string of the molecule is Cc1cnc(SCC(=O)O)n1CC(C(C)C)C(C)C. The van der Waals surface area contributed by atoms with Crippen LogP contribution in [0, 0.1) is 24.7 Å². The Hall–Kier alpha value is -0.970. The lowest BCUT2D eigenvalue weighted by molar-refractivity contribution is -0.133. The number of carbonyl (C=O) groups is 1. The van der Waals surface area contributed by atoms with E-state index in [0.29, 0.717) is 17.8 Å². The fraction of sp³-hybridized carbons (Fsp3) is 0.714. The first-order valence-electron chi connectivity index (χ1n) is 6.69. The van der Waals surface area contributed by atoms with E-state index in [9.17, 15) is 4.79 Å². The van der Waals surface area contributed by atoms with Crippen molar-refractivity contribution >= 4 is 17.7 Å². The van der Waals surface area contributed by atoms with Crippen molar-refractivity contribution < 1.29 is 9.90 Å². The molecule has 0 aliphatic rings. The molecule has 0 amide bonds. The molecule has 108 valence electrons. The highest BCUT2D eigenvalue weighted by Gasteiger charge is 2.20. The first-order chi connectivity index (χ1) is 8.82. The van der Waals surface area contributed by atoms with E-state index in [-0.39, 0.29) is 5.75 Å². The Labute approximate surface area is 119 Å². The van der Waals surface area contributed by atoms with Gasteiger partial charge in [-0.1, -0.05) is 39.5 Å². The van der Waals surface area contributed by atoms with Crippen molar-refractivity contribution in [1.29, 1.82) is 0 Å². The number of hydrogen-bond donors (Lipinski definition) is 1. The molecule has 0 spiro atoms. The molecule has 0 aliphatic carbocycles. The molecule has 0 bridgehead atoms. The third-order valence-corrected chi connectivity index (χ3v) is 4.42. The summed E-state index contributed by atoms with van der Waals surface area (Å²) in [5, 5.41) is 9.58. The number of carboxylic acids is 1. The van der Waals surface area contributed by atoms with Crippen molar-refractivity contribution in [1.82, 2.24) is 9.55 Å². The molecule has 5 heteroatoms. The van der Waals surface area contributed by atoms with E-state index in [4.69, 9.17) is 5.11 Å². The Balaban J connectivity index is 2.86. The molecule has 1 N–H and O–H groups in total. The van der Waals surface area contributed by atoms with Crippen LogP contribution < -0.4 is 0 Å². The van der Waals surface area contributed by atoms with Crippen molar-refractivity contribution in [3.8, 4) is 0 Å². The summed E-state index contributed by atoms with van der Waals surface area (Å²) in [5.74, 6) is 1.02. The summed E-state index contributed by atoms with van der Waals surface area (Å²) in [4.78, 5) is 15.0. The molecule has 0 fully saturated rings. The molecule has 1 rings (SSSR count). The van der Waals surface area contributed by atoms with Crippen molar-refractivity contribution in [2.24, 2.45) is 17.8 Å². The molecular formula is C14H24N2O2S. The average Bonchev–Trinajstić information content (AvgIpc) is 2.63. The van der Waals surface area contributed by atoms with Gasteiger partial charge in [0.1, 0.15) is 0 Å². The lowest BCUT2D eigenvalue weighted by atomic mass is 9.85. The minimum Gasteiger partial charge on any atom is -0.481 e. The van der Waals surface area contributed by atoms with Crippen LogP contribution in [0.1, 0.15) is 33.4 Å². The second-order valence-corrected chi connectivity index (χ2v) is 6.57. The third-order valence-electron chi connectivity index (χ3n) is 3.45. The van der Waals surface area contributed by atoms with Gasteiger partial charge in [0.15, 0.2) is 5.16 Å². The number of carboxylic acid groups (broad SMARTS) is 1. The molecule has 1 aromatic rings. The zero-order chi connectivity index (χ0) is 14.6. The largest absolute Gasteiger partial charge is 0.481 e. The minimum absolute atomic E-state index is 0.0600. The van der Waals surface area contributed by atoms with Crippen molar-refractivity contribution in [2.75, 3.05) is 5.75 Å². The number of imidazole rings is 1. The number of aliphatic carboxylic acids is 1. The summed E-state index contributed by atoms with van der Waals surface area (Å²) >= 11 is 1.29. The Kier molecular flexibility index (Phi) is 5.91. The third kappa shape index (κ3) is 4.56. The van der Waals surface area contributed by atoms with Crippen molar-refractivity contribution in [2.45, 2.75) is 46.3 Å². The second-order valence-electron chi connectivity index (χ2n) is 5.63. The Bertz CT molecular complexity index is 419. The number of rotatable bonds is 7. The van der Waals surface area contributed by atoms with Gasteiger partial charge in [-0.05, 0) is 24.7 Å². The second kappa shape index (κ2) is 6.98. The van der Waals surface area contributed by atoms with Gasteiger partial charge in [-0.15, -0.1) is 0 Å². The first kappa shape index (κ1) is 16.1. The van der Waals surface area contributed by atoms with E-state index in [1.807, 2.05) is 13.1 Å². The quantitative estimate of drug-likeness (QED) is 0.781. The molecule has 4 nitrogen and oxygen atoms in total. The summed E-state index contributed by atoms with van der Waals surface area (Å²) in [6.45, 7) is 11.9. The monoisotopic (exact) mass is 284 g/mol. The number of aromatic nitrogens is 2. The highest BCUT2D eigenvalue weighted by Crippen LogP contribution is 2.26. The predicted molar refractivity (Wildman–Crippen MR) is 78.5 cm³/mol. The van der Waals surface area contributed by atoms with Crippen LogP contribution >= 0.6 is 11.8 Å². The number of thioether (sulfide) groups is 1. The zero-order valence-corrected chi connectivity index (χ0v) is 13.2. The summed E-state index contributed by atoms with van der Waals surface area (Å²) in [5.41, 5.74) is 1.10. The Morgan fingerprint density at radius 2 is 1.95 bits per heavy atom. The average molecular weight is 284 g/mol. The number of aryl methyl sites for hydroxylation is 1. The van der Waals surface area contributed by atoms with Gasteiger partial charge in [-0.2, -0.15) is 0 Å². The van der Waals surface area contributed by atoms with Gasteiger partial charge in [0.25, 0.3) is 0 Å². The van der Waals surface area contributed by atoms with E-state index in [0.717, 1.165) is 17.4 Å². The van der Waals surface area contributed by atoms with Gasteiger partial charge >= 0.3 is 5.97 Å². The van der Waals surface area contributed by atoms with Gasteiger partial charge in [-0.25, -0.2) is 4.98 Å². The summed E-state index contributed by atoms with van der Waals surface area (Å²) in [6, 6.07) is 0. The Morgan fingerprint density at radius 3 is 2.42 bits per heavy atom. The topological polar surface area (TPSA) is 55.1 Å². The van der Waals surface area contributed by atoms with Crippen molar-refractivity contribution in [3.05, 3.63) is 11.9 Å². The van der Waals surface area contributed by atoms with Gasteiger partial charge in [0, 0.05) is 18.4 Å². The van der Waals surface area contributed by atoms with Crippen LogP contribution in [0.2, 0.25) is 0 Å². The van der Waals surface area contributed by atoms with E-state index in [2.05, 4.69) is 37.2 Å². The van der Waals surface area contributed by atoms with Crippen LogP contribution in [-0.2, 0) is 11.3 Å². The molecule has 19 heavy (non-hydrogen) atoms. The van der Waals surface area contributed by atoms with Gasteiger partial charge in [-0.3, -0.25) is 4.79 Å². The molecule has 1 aromatic heterocycles. The fourth-order valence-corrected chi connectivity index (χ4v) is 3.06. The maximum absolute atomic E-state index is 10.7. The standard InChI is InChI=1S/C14H24N2O2S/c1-9(2)12(10(3)4)7-16-11(5)6-15-14(16)19-8-13(17)18/h6,9-10,12H,7-8H2,1-5H3,(H,17,18). The predicted octanol–water partition coefficient (Wildman–Crippen LogP) is 3.30. The van der Waals surface area contributed by atoms with Crippen LogP contribution in [0.25, 0.3) is 0 Å². The number of hydrogen-bond acceptors (Lipinski definition) is 3. The lowest BCUT2D eigenvalue weighted by Crippen LogP contribution is -2.23. The van der Waals surface area contributed by atoms with E-state index in [1.54, 1.807) is 0 Å². The van der Waals surface area contributed by atoms with Crippen LogP contribution in [0.3, 0.4) is 0 Å². The van der Waals surface area contributed by atoms with Crippen LogP contribution in [0.5, 0.6) is 0 Å². The molecule has 0 atom stereocenters. The van der Waals surface area contributed by atoms with Crippen LogP contribution in [0.4, 0.5) is 0 Å². The van der Waals surface area contributed by atoms with E-state index < -0.39 is 5.97 Å². The van der Waals surface area contributed by atoms with Crippen molar-refractivity contribution in [3.63, 3.8) is 0 Å².